The fourth-order valence-corrected chi connectivity index (χ4v) is 2.71. The Kier molecular flexibility index (Phi) is 2.12. The number of aryl methyl sites for hydroxylation is 1. The number of hydrogen-bond donors (Lipinski definition) is 2. The van der Waals surface area contributed by atoms with Crippen molar-refractivity contribution in [1.29, 1.82) is 0 Å². The van der Waals surface area contributed by atoms with Crippen LogP contribution in [0.2, 0.25) is 0 Å². The third kappa shape index (κ3) is 1.57. The molecule has 0 bridgehead atoms. The molecule has 0 atom stereocenters. The van der Waals surface area contributed by atoms with Crippen molar-refractivity contribution in [3.63, 3.8) is 0 Å². The molecule has 3 rings (SSSR count). The molecule has 2 heterocycles. The van der Waals surface area contributed by atoms with Gasteiger partial charge in [0, 0.05) is 17.8 Å². The molecule has 0 saturated heterocycles. The number of nitrogens with zero attached hydrogens (tertiary/aromatic N) is 2. The fourth-order valence-electron chi connectivity index (χ4n) is 1.67. The summed E-state index contributed by atoms with van der Waals surface area (Å²) in [6.45, 7) is 1.87. The average Bonchev–Trinajstić information content (AvgIpc) is 2.81. The van der Waals surface area contributed by atoms with Crippen LogP contribution in [0.25, 0.3) is 20.8 Å². The Balaban J connectivity index is 2.25. The molecular formula is C11H8FN4S. The molecule has 0 aliphatic rings. The Hall–Kier alpha value is -1.95. The number of rotatable bonds is 1. The van der Waals surface area contributed by atoms with Crippen molar-refractivity contribution in [1.82, 2.24) is 15.2 Å². The second-order valence-corrected chi connectivity index (χ2v) is 4.69. The van der Waals surface area contributed by atoms with Gasteiger partial charge in [0.25, 0.3) is 0 Å². The van der Waals surface area contributed by atoms with Crippen molar-refractivity contribution in [2.45, 2.75) is 6.92 Å². The molecule has 1 radical (unpaired) electrons. The molecule has 0 unspecified atom stereocenters. The Labute approximate surface area is 100 Å². The first kappa shape index (κ1) is 10.2. The normalized spacial score (nSPS) is 11.2. The van der Waals surface area contributed by atoms with Crippen LogP contribution in [-0.2, 0) is 0 Å². The summed E-state index contributed by atoms with van der Waals surface area (Å²) in [5.74, 6) is -0.00255. The van der Waals surface area contributed by atoms with Gasteiger partial charge in [0.15, 0.2) is 5.82 Å². The summed E-state index contributed by atoms with van der Waals surface area (Å²) in [6, 6.07) is 5.47. The minimum Gasteiger partial charge on any atom is -0.382 e. The maximum Gasteiger partial charge on any atom is 0.155 e. The molecule has 0 fully saturated rings. The van der Waals surface area contributed by atoms with Crippen molar-refractivity contribution in [3.8, 4) is 10.6 Å². The quantitative estimate of drug-likeness (QED) is 0.694. The van der Waals surface area contributed by atoms with Crippen LogP contribution in [0.1, 0.15) is 5.69 Å². The molecule has 1 aromatic carbocycles. The van der Waals surface area contributed by atoms with Gasteiger partial charge in [-0.15, -0.1) is 11.3 Å². The number of nitrogens with two attached hydrogens (primary N) is 1. The number of nitrogen functional groups attached to an aromatic ring is 1. The summed E-state index contributed by atoms with van der Waals surface area (Å²) < 4.78 is 13.9. The highest BCUT2D eigenvalue weighted by Gasteiger charge is 2.14. The highest BCUT2D eigenvalue weighted by molar-refractivity contribution is 7.21. The van der Waals surface area contributed by atoms with Gasteiger partial charge >= 0.3 is 0 Å². The van der Waals surface area contributed by atoms with E-state index in [9.17, 15) is 4.39 Å². The van der Waals surface area contributed by atoms with E-state index in [1.165, 1.54) is 17.4 Å². The minimum absolute atomic E-state index is 0.408. The second kappa shape index (κ2) is 3.53. The number of anilines is 1. The van der Waals surface area contributed by atoms with Crippen LogP contribution in [0.15, 0.2) is 12.1 Å². The monoisotopic (exact) mass is 247 g/mol. The van der Waals surface area contributed by atoms with Crippen molar-refractivity contribution < 1.29 is 4.39 Å². The van der Waals surface area contributed by atoms with Gasteiger partial charge in [-0.2, -0.15) is 5.10 Å². The smallest absolute Gasteiger partial charge is 0.155 e. The molecule has 3 N–H and O–H groups in total. The first-order valence-corrected chi connectivity index (χ1v) is 5.75. The van der Waals surface area contributed by atoms with Gasteiger partial charge in [-0.3, -0.25) is 5.10 Å². The minimum atomic E-state index is -0.411. The molecule has 2 aromatic heterocycles. The molecule has 4 nitrogen and oxygen atoms in total. The van der Waals surface area contributed by atoms with Crippen LogP contribution in [-0.4, -0.2) is 15.2 Å². The number of aromatic nitrogens is 3. The van der Waals surface area contributed by atoms with Crippen LogP contribution in [0.4, 0.5) is 10.2 Å². The molecule has 0 amide bonds. The standard InChI is InChI=1S/C11H8FN4S/c1-5-9(10(13)16-15-5)11-14-7-4-6(12)2-3-8(7)17-11/h3-4H,1H3,(H3,13,15,16). The van der Waals surface area contributed by atoms with Crippen molar-refractivity contribution >= 4 is 27.4 Å². The first-order valence-electron chi connectivity index (χ1n) is 4.94. The third-order valence-electron chi connectivity index (χ3n) is 2.47. The summed E-state index contributed by atoms with van der Waals surface area (Å²) >= 11 is 1.44. The van der Waals surface area contributed by atoms with Gasteiger partial charge in [-0.1, -0.05) is 0 Å². The van der Waals surface area contributed by atoms with E-state index in [0.29, 0.717) is 11.3 Å². The lowest BCUT2D eigenvalue weighted by atomic mass is 10.2. The summed E-state index contributed by atoms with van der Waals surface area (Å²) in [5, 5.41) is 7.46. The molecule has 6 heteroatoms. The number of halogens is 1. The van der Waals surface area contributed by atoms with Crippen LogP contribution in [0, 0.1) is 18.8 Å². The van der Waals surface area contributed by atoms with Gasteiger partial charge in [-0.05, 0) is 13.0 Å². The summed E-state index contributed by atoms with van der Waals surface area (Å²) in [7, 11) is 0. The highest BCUT2D eigenvalue weighted by Crippen LogP contribution is 2.34. The number of hydrogen-bond acceptors (Lipinski definition) is 4. The number of fused-ring (bicyclic) bond motifs is 1. The van der Waals surface area contributed by atoms with E-state index < -0.39 is 5.82 Å². The third-order valence-corrected chi connectivity index (χ3v) is 3.51. The molecule has 0 saturated carbocycles. The van der Waals surface area contributed by atoms with Crippen LogP contribution in [0.5, 0.6) is 0 Å². The maximum atomic E-state index is 13.0. The van der Waals surface area contributed by atoms with E-state index in [1.54, 1.807) is 6.07 Å². The Morgan fingerprint density at radius 3 is 3.06 bits per heavy atom. The lowest BCUT2D eigenvalue weighted by Gasteiger charge is -1.93. The van der Waals surface area contributed by atoms with E-state index in [2.05, 4.69) is 21.2 Å². The van der Waals surface area contributed by atoms with E-state index in [-0.39, 0.29) is 0 Å². The number of nitrogens with one attached hydrogen (secondary N) is 1. The zero-order valence-corrected chi connectivity index (χ0v) is 9.73. The van der Waals surface area contributed by atoms with E-state index in [4.69, 9.17) is 5.73 Å². The lowest BCUT2D eigenvalue weighted by Crippen LogP contribution is -1.87. The number of thiazole rings is 1. The molecule has 3 aromatic rings. The Morgan fingerprint density at radius 1 is 1.53 bits per heavy atom. The van der Waals surface area contributed by atoms with Gasteiger partial charge in [-0.25, -0.2) is 9.37 Å². The summed E-state index contributed by atoms with van der Waals surface area (Å²) in [5.41, 5.74) is 8.02. The molecule has 0 aliphatic carbocycles. The number of aromatic amines is 1. The van der Waals surface area contributed by atoms with Crippen LogP contribution in [0.3, 0.4) is 0 Å². The largest absolute Gasteiger partial charge is 0.382 e. The summed E-state index contributed by atoms with van der Waals surface area (Å²) in [4.78, 5) is 4.36. The van der Waals surface area contributed by atoms with E-state index in [1.807, 2.05) is 6.92 Å². The van der Waals surface area contributed by atoms with E-state index >= 15 is 0 Å². The van der Waals surface area contributed by atoms with Crippen molar-refractivity contribution in [3.05, 3.63) is 29.7 Å². The molecule has 0 spiro atoms. The number of H-pyrrole nitrogens is 1. The zero-order chi connectivity index (χ0) is 12.0. The topological polar surface area (TPSA) is 67.6 Å². The molecule has 17 heavy (non-hydrogen) atoms. The van der Waals surface area contributed by atoms with Crippen molar-refractivity contribution in [2.24, 2.45) is 0 Å². The predicted octanol–water partition coefficient (Wildman–Crippen LogP) is 2.52. The zero-order valence-electron chi connectivity index (χ0n) is 8.91. The van der Waals surface area contributed by atoms with Crippen LogP contribution < -0.4 is 5.73 Å². The lowest BCUT2D eigenvalue weighted by molar-refractivity contribution is 0.627. The SMILES string of the molecule is Cc1[nH]nc(N)c1-c1nc2cc(F)[c]cc2s1. The Morgan fingerprint density at radius 2 is 2.35 bits per heavy atom. The molecular weight excluding hydrogens is 239 g/mol. The maximum absolute atomic E-state index is 13.0. The van der Waals surface area contributed by atoms with Gasteiger partial charge in [0.1, 0.15) is 10.8 Å². The fraction of sp³-hybridized carbons (Fsp3) is 0.0909. The van der Waals surface area contributed by atoms with Crippen LogP contribution >= 0.6 is 11.3 Å². The van der Waals surface area contributed by atoms with Crippen molar-refractivity contribution in [2.75, 3.05) is 5.73 Å². The summed E-state index contributed by atoms with van der Waals surface area (Å²) in [6.07, 6.45) is 0. The molecule has 85 valence electrons. The molecule has 0 aliphatic heterocycles. The van der Waals surface area contributed by atoms with Gasteiger partial charge < -0.3 is 5.73 Å². The average molecular weight is 247 g/mol. The highest BCUT2D eigenvalue weighted by atomic mass is 32.1. The van der Waals surface area contributed by atoms with Gasteiger partial charge in [0.2, 0.25) is 0 Å². The Bertz CT molecular complexity index is 681. The number of benzene rings is 1. The second-order valence-electron chi connectivity index (χ2n) is 3.66. The predicted molar refractivity (Wildman–Crippen MR) is 65.1 cm³/mol. The first-order chi connectivity index (χ1) is 8.15. The van der Waals surface area contributed by atoms with Gasteiger partial charge in [0.05, 0.1) is 15.8 Å². The van der Waals surface area contributed by atoms with E-state index in [0.717, 1.165) is 21.0 Å².